The second-order valence-electron chi connectivity index (χ2n) is 5.22. The Kier molecular flexibility index (Phi) is 6.59. The molecule has 3 nitrogen and oxygen atoms in total. The summed E-state index contributed by atoms with van der Waals surface area (Å²) >= 11 is 6.09. The van der Waals surface area contributed by atoms with Gasteiger partial charge in [-0.3, -0.25) is 4.79 Å². The number of ketones is 1. The average molecular weight is 362 g/mol. The Bertz CT molecular complexity index is 794. The summed E-state index contributed by atoms with van der Waals surface area (Å²) < 4.78 is 20.9. The van der Waals surface area contributed by atoms with E-state index in [1.807, 2.05) is 49.0 Å². The Labute approximate surface area is 152 Å². The van der Waals surface area contributed by atoms with Crippen LogP contribution in [0.5, 0.6) is 5.75 Å². The quantitative estimate of drug-likeness (QED) is 0.669. The van der Waals surface area contributed by atoms with E-state index >= 15 is 0 Å². The fraction of sp³-hybridized carbons (Fsp3) is 0.250. The Morgan fingerprint density at radius 2 is 1.92 bits per heavy atom. The predicted octanol–water partition coefficient (Wildman–Crippen LogP) is 5.54. The van der Waals surface area contributed by atoms with Gasteiger partial charge in [0, 0.05) is 23.0 Å². The number of rotatable bonds is 4. The second kappa shape index (κ2) is 8.67. The number of para-hydroxylation sites is 1. The molecule has 1 heterocycles. The first-order chi connectivity index (χ1) is 12.1. The van der Waals surface area contributed by atoms with Crippen molar-refractivity contribution in [2.45, 2.75) is 26.3 Å². The number of nitrogens with zero attached hydrogens (tertiary/aromatic N) is 1. The van der Waals surface area contributed by atoms with Gasteiger partial charge in [-0.25, -0.2) is 4.39 Å². The van der Waals surface area contributed by atoms with E-state index in [-0.39, 0.29) is 23.1 Å². The van der Waals surface area contributed by atoms with E-state index in [0.717, 1.165) is 0 Å². The van der Waals surface area contributed by atoms with Crippen molar-refractivity contribution in [1.82, 2.24) is 4.57 Å². The number of halogens is 2. The van der Waals surface area contributed by atoms with Gasteiger partial charge < -0.3 is 9.30 Å². The van der Waals surface area contributed by atoms with Crippen LogP contribution in [0.25, 0.3) is 0 Å². The highest BCUT2D eigenvalue weighted by Crippen LogP contribution is 2.34. The highest BCUT2D eigenvalue weighted by atomic mass is 35.5. The molecule has 1 aliphatic carbocycles. The minimum absolute atomic E-state index is 0.0460. The molecular weight excluding hydrogens is 341 g/mol. The van der Waals surface area contributed by atoms with E-state index in [1.54, 1.807) is 12.1 Å². The van der Waals surface area contributed by atoms with Crippen molar-refractivity contribution in [2.75, 3.05) is 7.11 Å². The van der Waals surface area contributed by atoms with Crippen LogP contribution in [0.4, 0.5) is 4.39 Å². The third kappa shape index (κ3) is 4.02. The first kappa shape index (κ1) is 19.0. The Morgan fingerprint density at radius 3 is 2.56 bits per heavy atom. The summed E-state index contributed by atoms with van der Waals surface area (Å²) in [5, 5.41) is 0.507. The Hall–Kier alpha value is -2.33. The first-order valence-corrected chi connectivity index (χ1v) is 8.56. The smallest absolute Gasteiger partial charge is 0.195 e. The number of benzene rings is 1. The van der Waals surface area contributed by atoms with Gasteiger partial charge in [0.25, 0.3) is 0 Å². The van der Waals surface area contributed by atoms with Crippen LogP contribution in [0, 0.1) is 5.82 Å². The lowest BCUT2D eigenvalue weighted by molar-refractivity contribution is 0.101. The summed E-state index contributed by atoms with van der Waals surface area (Å²) in [6.07, 6.45) is 7.89. The average Bonchev–Trinajstić information content (AvgIpc) is 3.17. The molecule has 0 N–H and O–H groups in total. The first-order valence-electron chi connectivity index (χ1n) is 8.18. The molecule has 1 aromatic carbocycles. The van der Waals surface area contributed by atoms with Gasteiger partial charge >= 0.3 is 0 Å². The van der Waals surface area contributed by atoms with E-state index in [4.69, 9.17) is 16.3 Å². The minimum atomic E-state index is -0.561. The van der Waals surface area contributed by atoms with Gasteiger partial charge in [0.05, 0.1) is 18.7 Å². The van der Waals surface area contributed by atoms with Crippen molar-refractivity contribution in [3.8, 4) is 5.75 Å². The zero-order chi connectivity index (χ0) is 18.4. The lowest BCUT2D eigenvalue weighted by Crippen LogP contribution is -2.19. The number of carbonyl (C=O) groups is 1. The van der Waals surface area contributed by atoms with Crippen LogP contribution in [0.1, 0.15) is 36.7 Å². The van der Waals surface area contributed by atoms with Crippen molar-refractivity contribution in [2.24, 2.45) is 0 Å². The molecule has 0 radical (unpaired) electrons. The summed E-state index contributed by atoms with van der Waals surface area (Å²) in [6, 6.07) is 7.94. The minimum Gasteiger partial charge on any atom is -0.493 e. The SMILES string of the molecule is CC.COc1c(F)cccc1C(=O)C1=CC(Cl)=CCC1n1cccc1. The van der Waals surface area contributed by atoms with E-state index in [2.05, 4.69) is 0 Å². The topological polar surface area (TPSA) is 31.2 Å². The molecule has 0 amide bonds. The van der Waals surface area contributed by atoms with Gasteiger partial charge in [0.15, 0.2) is 17.3 Å². The maximum absolute atomic E-state index is 13.9. The molecule has 5 heteroatoms. The van der Waals surface area contributed by atoms with Crippen molar-refractivity contribution < 1.29 is 13.9 Å². The number of methoxy groups -OCH3 is 1. The lowest BCUT2D eigenvalue weighted by atomic mass is 9.91. The number of ether oxygens (including phenoxy) is 1. The van der Waals surface area contributed by atoms with E-state index in [0.29, 0.717) is 17.0 Å². The number of carbonyl (C=O) groups excluding carboxylic acids is 1. The molecule has 25 heavy (non-hydrogen) atoms. The lowest BCUT2D eigenvalue weighted by Gasteiger charge is -2.24. The van der Waals surface area contributed by atoms with Gasteiger partial charge in [-0.05, 0) is 36.8 Å². The molecule has 2 aromatic rings. The van der Waals surface area contributed by atoms with Crippen LogP contribution in [0.3, 0.4) is 0 Å². The van der Waals surface area contributed by atoms with Crippen LogP contribution in [-0.4, -0.2) is 17.5 Å². The van der Waals surface area contributed by atoms with E-state index < -0.39 is 5.82 Å². The van der Waals surface area contributed by atoms with Crippen LogP contribution < -0.4 is 4.74 Å². The van der Waals surface area contributed by atoms with Crippen molar-refractivity contribution >= 4 is 17.4 Å². The van der Waals surface area contributed by atoms with Gasteiger partial charge in [-0.2, -0.15) is 0 Å². The van der Waals surface area contributed by atoms with Gasteiger partial charge in [0.2, 0.25) is 0 Å². The number of hydrogen-bond donors (Lipinski definition) is 0. The van der Waals surface area contributed by atoms with Crippen LogP contribution >= 0.6 is 11.6 Å². The fourth-order valence-electron chi connectivity index (χ4n) is 2.76. The molecule has 1 atom stereocenters. The molecule has 1 unspecified atom stereocenters. The molecule has 0 aliphatic heterocycles. The summed E-state index contributed by atoms with van der Waals surface area (Å²) in [5.41, 5.74) is 0.708. The summed E-state index contributed by atoms with van der Waals surface area (Å²) in [7, 11) is 1.35. The largest absolute Gasteiger partial charge is 0.493 e. The normalized spacial score (nSPS) is 16.3. The van der Waals surface area contributed by atoms with Gasteiger partial charge in [-0.1, -0.05) is 37.6 Å². The summed E-state index contributed by atoms with van der Waals surface area (Å²) in [4.78, 5) is 13.0. The molecule has 3 rings (SSSR count). The zero-order valence-corrected chi connectivity index (χ0v) is 15.3. The molecule has 132 valence electrons. The maximum Gasteiger partial charge on any atom is 0.195 e. The number of hydrogen-bond acceptors (Lipinski definition) is 2. The van der Waals surface area contributed by atoms with Crippen LogP contribution in [0.15, 0.2) is 65.5 Å². The van der Waals surface area contributed by atoms with Gasteiger partial charge in [-0.15, -0.1) is 0 Å². The van der Waals surface area contributed by atoms with Crippen molar-refractivity contribution in [3.63, 3.8) is 0 Å². The highest BCUT2D eigenvalue weighted by Gasteiger charge is 2.28. The Morgan fingerprint density at radius 1 is 1.24 bits per heavy atom. The van der Waals surface area contributed by atoms with Crippen molar-refractivity contribution in [1.29, 1.82) is 0 Å². The number of aromatic nitrogens is 1. The third-order valence-corrected chi connectivity index (χ3v) is 4.12. The van der Waals surface area contributed by atoms with E-state index in [9.17, 15) is 9.18 Å². The molecular formula is C20H21ClFNO2. The molecule has 1 aromatic heterocycles. The number of allylic oxidation sites excluding steroid dienone is 4. The van der Waals surface area contributed by atoms with Crippen molar-refractivity contribution in [3.05, 3.63) is 76.9 Å². The van der Waals surface area contributed by atoms with E-state index in [1.165, 1.54) is 19.2 Å². The zero-order valence-electron chi connectivity index (χ0n) is 14.5. The van der Waals surface area contributed by atoms with Gasteiger partial charge in [0.1, 0.15) is 0 Å². The van der Waals surface area contributed by atoms with Crippen LogP contribution in [0.2, 0.25) is 0 Å². The predicted molar refractivity (Wildman–Crippen MR) is 98.7 cm³/mol. The molecule has 0 saturated carbocycles. The molecule has 0 saturated heterocycles. The fourth-order valence-corrected chi connectivity index (χ4v) is 2.97. The second-order valence-corrected chi connectivity index (χ2v) is 5.66. The summed E-state index contributed by atoms with van der Waals surface area (Å²) in [5.74, 6) is -0.893. The Balaban J connectivity index is 0.00000109. The molecule has 0 fully saturated rings. The number of Topliss-reactive ketones (excluding diaryl/α,β-unsaturated/α-hetero) is 1. The third-order valence-electron chi connectivity index (χ3n) is 3.85. The summed E-state index contributed by atoms with van der Waals surface area (Å²) in [6.45, 7) is 4.00. The standard InChI is InChI=1S/C18H15ClFNO2.C2H6/c1-23-18-13(5-4-6-15(18)20)17(22)14-11-12(19)7-8-16(14)21-9-2-3-10-21;1-2/h2-7,9-11,16H,8H2,1H3;1-2H3. The monoisotopic (exact) mass is 361 g/mol. The maximum atomic E-state index is 13.9. The van der Waals surface area contributed by atoms with Crippen LogP contribution in [-0.2, 0) is 0 Å². The molecule has 0 bridgehead atoms. The highest BCUT2D eigenvalue weighted by molar-refractivity contribution is 6.32. The molecule has 0 spiro atoms. The molecule has 1 aliphatic rings.